The molecule has 2 amide bonds. The first kappa shape index (κ1) is 22.4. The molecule has 0 radical (unpaired) electrons. The largest absolute Gasteiger partial charge is 0.416 e. The topological polar surface area (TPSA) is 69.3 Å². The van der Waals surface area contributed by atoms with Gasteiger partial charge in [-0.3, -0.25) is 14.7 Å². The molecule has 3 heterocycles. The molecule has 0 atom stereocenters. The van der Waals surface area contributed by atoms with Gasteiger partial charge in [0.25, 0.3) is 5.91 Å². The van der Waals surface area contributed by atoms with Gasteiger partial charge in [0.15, 0.2) is 5.69 Å². The molecule has 4 rings (SSSR count). The number of nitrogens with one attached hydrogen (secondary N) is 1. The van der Waals surface area contributed by atoms with Crippen LogP contribution in [-0.2, 0) is 23.9 Å². The van der Waals surface area contributed by atoms with Crippen molar-refractivity contribution >= 4 is 11.8 Å². The molecule has 1 N–H and O–H groups in total. The van der Waals surface area contributed by atoms with Gasteiger partial charge in [-0.25, -0.2) is 0 Å². The molecule has 2 aromatic rings. The SMILES string of the molecule is CC(C)C(=O)N1CCc2c(C(=O)N3CCC(c4ccccc4C(F)(F)F)CC3)n[nH]c2C1. The molecule has 1 saturated heterocycles. The van der Waals surface area contributed by atoms with E-state index < -0.39 is 11.7 Å². The predicted molar refractivity (Wildman–Crippen MR) is 112 cm³/mol. The van der Waals surface area contributed by atoms with Crippen LogP contribution < -0.4 is 0 Å². The number of alkyl halides is 3. The number of fused-ring (bicyclic) bond motifs is 1. The van der Waals surface area contributed by atoms with E-state index in [1.54, 1.807) is 21.9 Å². The van der Waals surface area contributed by atoms with Crippen molar-refractivity contribution in [3.05, 3.63) is 52.3 Å². The quantitative estimate of drug-likeness (QED) is 0.772. The molecule has 0 saturated carbocycles. The van der Waals surface area contributed by atoms with Crippen molar-refractivity contribution in [1.29, 1.82) is 0 Å². The maximum atomic E-state index is 13.4. The number of carbonyl (C=O) groups is 2. The number of piperidine rings is 1. The van der Waals surface area contributed by atoms with Gasteiger partial charge in [-0.05, 0) is 36.8 Å². The Morgan fingerprint density at radius 3 is 2.44 bits per heavy atom. The third-order valence-corrected chi connectivity index (χ3v) is 6.43. The minimum absolute atomic E-state index is 0.0688. The summed E-state index contributed by atoms with van der Waals surface area (Å²) in [5, 5.41) is 7.14. The Bertz CT molecular complexity index is 1010. The molecule has 2 aliphatic rings. The smallest absolute Gasteiger partial charge is 0.337 e. The molecule has 0 unspecified atom stereocenters. The number of nitrogens with zero attached hydrogens (tertiary/aromatic N) is 3. The van der Waals surface area contributed by atoms with E-state index in [-0.39, 0.29) is 23.7 Å². The summed E-state index contributed by atoms with van der Waals surface area (Å²) in [7, 11) is 0. The van der Waals surface area contributed by atoms with Crippen LogP contribution in [0.25, 0.3) is 0 Å². The van der Waals surface area contributed by atoms with Gasteiger partial charge < -0.3 is 9.80 Å². The average Bonchev–Trinajstić information content (AvgIpc) is 3.20. The number of likely N-dealkylation sites (tertiary alicyclic amines) is 1. The van der Waals surface area contributed by atoms with Crippen LogP contribution in [0, 0.1) is 5.92 Å². The van der Waals surface area contributed by atoms with E-state index in [9.17, 15) is 22.8 Å². The highest BCUT2D eigenvalue weighted by atomic mass is 19.4. The summed E-state index contributed by atoms with van der Waals surface area (Å²) in [6.07, 6.45) is -2.88. The summed E-state index contributed by atoms with van der Waals surface area (Å²) in [6.45, 7) is 5.43. The number of H-pyrrole nitrogens is 1. The standard InChI is InChI=1S/C23H27F3N4O2/c1-14(2)21(31)30-12-9-17-19(13-30)27-28-20(17)22(32)29-10-7-15(8-11-29)16-5-3-4-6-18(16)23(24,25)26/h3-6,14-15H,7-13H2,1-2H3,(H,27,28). The number of hydrogen-bond acceptors (Lipinski definition) is 3. The second-order valence-electron chi connectivity index (χ2n) is 8.85. The normalized spacial score (nSPS) is 17.6. The lowest BCUT2D eigenvalue weighted by Gasteiger charge is -2.33. The van der Waals surface area contributed by atoms with Crippen molar-refractivity contribution in [3.63, 3.8) is 0 Å². The van der Waals surface area contributed by atoms with Crippen LogP contribution in [0.3, 0.4) is 0 Å². The fourth-order valence-electron chi connectivity index (χ4n) is 4.70. The van der Waals surface area contributed by atoms with Gasteiger partial charge >= 0.3 is 6.18 Å². The lowest BCUT2D eigenvalue weighted by Crippen LogP contribution is -2.40. The zero-order valence-electron chi connectivity index (χ0n) is 18.2. The van der Waals surface area contributed by atoms with E-state index in [1.165, 1.54) is 6.07 Å². The maximum Gasteiger partial charge on any atom is 0.416 e. The van der Waals surface area contributed by atoms with Crippen LogP contribution in [0.4, 0.5) is 13.2 Å². The molecule has 0 aliphatic carbocycles. The van der Waals surface area contributed by atoms with E-state index in [4.69, 9.17) is 0 Å². The second-order valence-corrected chi connectivity index (χ2v) is 8.85. The minimum atomic E-state index is -4.39. The number of hydrogen-bond donors (Lipinski definition) is 1. The third kappa shape index (κ3) is 4.25. The molecule has 0 bridgehead atoms. The molecule has 2 aliphatic heterocycles. The molecule has 172 valence electrons. The van der Waals surface area contributed by atoms with E-state index in [1.807, 2.05) is 13.8 Å². The first-order valence-electron chi connectivity index (χ1n) is 11.0. The number of amides is 2. The third-order valence-electron chi connectivity index (χ3n) is 6.43. The van der Waals surface area contributed by atoms with Gasteiger partial charge in [0.2, 0.25) is 5.91 Å². The van der Waals surface area contributed by atoms with Crippen LogP contribution >= 0.6 is 0 Å². The van der Waals surface area contributed by atoms with Crippen LogP contribution in [0.5, 0.6) is 0 Å². The van der Waals surface area contributed by atoms with Crippen LogP contribution in [0.1, 0.15) is 65.5 Å². The van der Waals surface area contributed by atoms with Crippen molar-refractivity contribution < 1.29 is 22.8 Å². The molecule has 9 heteroatoms. The maximum absolute atomic E-state index is 13.4. The molecule has 32 heavy (non-hydrogen) atoms. The molecular formula is C23H27F3N4O2. The van der Waals surface area contributed by atoms with Gasteiger partial charge in [0.1, 0.15) is 0 Å². The van der Waals surface area contributed by atoms with Gasteiger partial charge in [-0.15, -0.1) is 0 Å². The van der Waals surface area contributed by atoms with Gasteiger partial charge in [0.05, 0.1) is 17.8 Å². The highest BCUT2D eigenvalue weighted by Crippen LogP contribution is 2.38. The van der Waals surface area contributed by atoms with E-state index in [2.05, 4.69) is 10.2 Å². The van der Waals surface area contributed by atoms with Gasteiger partial charge in [-0.2, -0.15) is 18.3 Å². The van der Waals surface area contributed by atoms with E-state index >= 15 is 0 Å². The highest BCUT2D eigenvalue weighted by Gasteiger charge is 2.37. The summed E-state index contributed by atoms with van der Waals surface area (Å²) in [5.41, 5.74) is 1.70. The summed E-state index contributed by atoms with van der Waals surface area (Å²) in [5.74, 6) is -0.460. The Hall–Kier alpha value is -2.84. The molecular weight excluding hydrogens is 421 g/mol. The number of rotatable bonds is 3. The van der Waals surface area contributed by atoms with Crippen molar-refractivity contribution in [2.75, 3.05) is 19.6 Å². The Morgan fingerprint density at radius 1 is 1.09 bits per heavy atom. The number of aromatic amines is 1. The first-order valence-corrected chi connectivity index (χ1v) is 11.0. The van der Waals surface area contributed by atoms with Crippen molar-refractivity contribution in [2.24, 2.45) is 5.92 Å². The van der Waals surface area contributed by atoms with E-state index in [0.29, 0.717) is 56.7 Å². The zero-order chi connectivity index (χ0) is 23.0. The van der Waals surface area contributed by atoms with Crippen LogP contribution in [-0.4, -0.2) is 51.4 Å². The van der Waals surface area contributed by atoms with Crippen LogP contribution in [0.2, 0.25) is 0 Å². The highest BCUT2D eigenvalue weighted by molar-refractivity contribution is 5.94. The lowest BCUT2D eigenvalue weighted by atomic mass is 9.86. The Kier molecular flexibility index (Phi) is 6.01. The molecule has 1 aromatic heterocycles. The first-order chi connectivity index (χ1) is 15.2. The van der Waals surface area contributed by atoms with Crippen LogP contribution in [0.15, 0.2) is 24.3 Å². The minimum Gasteiger partial charge on any atom is -0.337 e. The second kappa shape index (κ2) is 8.60. The monoisotopic (exact) mass is 448 g/mol. The molecule has 6 nitrogen and oxygen atoms in total. The number of aromatic nitrogens is 2. The number of carbonyl (C=O) groups excluding carboxylic acids is 2. The molecule has 1 aromatic carbocycles. The fraction of sp³-hybridized carbons (Fsp3) is 0.522. The number of halogens is 3. The van der Waals surface area contributed by atoms with E-state index in [0.717, 1.165) is 17.3 Å². The Morgan fingerprint density at radius 2 is 1.78 bits per heavy atom. The Labute approximate surface area is 184 Å². The predicted octanol–water partition coefficient (Wildman–Crippen LogP) is 3.99. The van der Waals surface area contributed by atoms with Crippen molar-refractivity contribution in [2.45, 2.75) is 51.7 Å². The summed E-state index contributed by atoms with van der Waals surface area (Å²) in [6, 6.07) is 5.70. The summed E-state index contributed by atoms with van der Waals surface area (Å²) >= 11 is 0. The summed E-state index contributed by atoms with van der Waals surface area (Å²) in [4.78, 5) is 28.8. The fourth-order valence-corrected chi connectivity index (χ4v) is 4.70. The average molecular weight is 448 g/mol. The van der Waals surface area contributed by atoms with Crippen molar-refractivity contribution in [1.82, 2.24) is 20.0 Å². The lowest BCUT2D eigenvalue weighted by molar-refractivity contribution is -0.138. The van der Waals surface area contributed by atoms with Gasteiger partial charge in [-0.1, -0.05) is 32.0 Å². The van der Waals surface area contributed by atoms with Gasteiger partial charge in [0, 0.05) is 31.1 Å². The molecule has 1 fully saturated rings. The molecule has 0 spiro atoms. The number of benzene rings is 1. The zero-order valence-corrected chi connectivity index (χ0v) is 18.2. The summed E-state index contributed by atoms with van der Waals surface area (Å²) < 4.78 is 40.1. The van der Waals surface area contributed by atoms with Crippen molar-refractivity contribution in [3.8, 4) is 0 Å². The Balaban J connectivity index is 1.43.